The van der Waals surface area contributed by atoms with E-state index in [1.165, 1.54) is 19.1 Å². The molecule has 1 saturated heterocycles. The smallest absolute Gasteiger partial charge is 0.481 e. The Labute approximate surface area is 135 Å². The first-order valence-electron chi connectivity index (χ1n) is 7.30. The fourth-order valence-electron chi connectivity index (χ4n) is 3.24. The van der Waals surface area contributed by atoms with Crippen LogP contribution in [0.3, 0.4) is 0 Å². The van der Waals surface area contributed by atoms with Crippen LogP contribution in [0.25, 0.3) is 0 Å². The van der Waals surface area contributed by atoms with E-state index in [0.717, 1.165) is 0 Å². The van der Waals surface area contributed by atoms with Crippen LogP contribution < -0.4 is 0 Å². The lowest BCUT2D eigenvalue weighted by Crippen LogP contribution is -2.66. The standard InChI is InChI=1S/C15H21NO6S/c1-14(2,3)16(13(19)20)7-8-23(21,22)11-5-6-15(4,12(17)18)9-10(11)16/h5,9H,6-8H2,1-4H3,(H-,17,18,19,20)/p+1. The molecule has 2 rings (SSSR count). The van der Waals surface area contributed by atoms with Crippen LogP contribution in [0.2, 0.25) is 0 Å². The Morgan fingerprint density at radius 1 is 1.26 bits per heavy atom. The summed E-state index contributed by atoms with van der Waals surface area (Å²) in [6.45, 7) is 6.48. The number of carbonyl (C=O) groups is 2. The minimum absolute atomic E-state index is 0.0180. The third-order valence-electron chi connectivity index (χ3n) is 4.82. The van der Waals surface area contributed by atoms with Gasteiger partial charge in [0.1, 0.15) is 22.7 Å². The molecule has 0 saturated carbocycles. The van der Waals surface area contributed by atoms with Crippen LogP contribution in [0.1, 0.15) is 34.1 Å². The molecule has 1 fully saturated rings. The summed E-state index contributed by atoms with van der Waals surface area (Å²) in [6, 6.07) is 0. The summed E-state index contributed by atoms with van der Waals surface area (Å²) < 4.78 is 24.2. The van der Waals surface area contributed by atoms with E-state index in [2.05, 4.69) is 0 Å². The molecule has 8 heteroatoms. The van der Waals surface area contributed by atoms with E-state index in [1.54, 1.807) is 20.8 Å². The topological polar surface area (TPSA) is 109 Å². The van der Waals surface area contributed by atoms with E-state index >= 15 is 0 Å². The van der Waals surface area contributed by atoms with Gasteiger partial charge in [0.2, 0.25) is 0 Å². The molecule has 2 aliphatic rings. The molecule has 0 aromatic rings. The maximum atomic E-state index is 12.4. The summed E-state index contributed by atoms with van der Waals surface area (Å²) in [5, 5.41) is 19.4. The lowest BCUT2D eigenvalue weighted by molar-refractivity contribution is -0.864. The Morgan fingerprint density at radius 2 is 1.83 bits per heavy atom. The molecule has 1 heterocycles. The number of hydrogen-bond acceptors (Lipinski definition) is 4. The number of carboxylic acid groups (broad SMARTS) is 2. The Hall–Kier alpha value is -1.67. The minimum Gasteiger partial charge on any atom is -0.481 e. The molecule has 0 spiro atoms. The Morgan fingerprint density at radius 3 is 2.26 bits per heavy atom. The van der Waals surface area contributed by atoms with Crippen molar-refractivity contribution < 1.29 is 32.7 Å². The molecule has 0 aromatic carbocycles. The maximum absolute atomic E-state index is 12.4. The molecule has 2 unspecified atom stereocenters. The van der Waals surface area contributed by atoms with E-state index in [4.69, 9.17) is 0 Å². The lowest BCUT2D eigenvalue weighted by Gasteiger charge is -2.48. The highest BCUT2D eigenvalue weighted by Gasteiger charge is 2.59. The van der Waals surface area contributed by atoms with Crippen LogP contribution in [0.4, 0.5) is 4.79 Å². The van der Waals surface area contributed by atoms with Gasteiger partial charge in [-0.3, -0.25) is 4.79 Å². The molecule has 7 nitrogen and oxygen atoms in total. The Kier molecular flexibility index (Phi) is 3.77. The second-order valence-corrected chi connectivity index (χ2v) is 9.41. The molecule has 0 aromatic heterocycles. The third kappa shape index (κ3) is 2.40. The fraction of sp³-hybridized carbons (Fsp3) is 0.600. The monoisotopic (exact) mass is 344 g/mol. The van der Waals surface area contributed by atoms with E-state index in [0.29, 0.717) is 0 Å². The first-order chi connectivity index (χ1) is 10.3. The number of carboxylic acids is 1. The number of rotatable bonds is 1. The average Bonchev–Trinajstić information content (AvgIpc) is 2.36. The molecule has 0 radical (unpaired) electrons. The summed E-state index contributed by atoms with van der Waals surface area (Å²) in [4.78, 5) is 23.7. The normalized spacial score (nSPS) is 33.2. The highest BCUT2D eigenvalue weighted by molar-refractivity contribution is 7.95. The zero-order chi connectivity index (χ0) is 17.8. The second-order valence-electron chi connectivity index (χ2n) is 7.33. The summed E-state index contributed by atoms with van der Waals surface area (Å²) >= 11 is 0. The molecule has 1 aliphatic carbocycles. The Balaban J connectivity index is 2.82. The van der Waals surface area contributed by atoms with Gasteiger partial charge in [-0.15, -0.1) is 0 Å². The van der Waals surface area contributed by atoms with E-state index in [-0.39, 0.29) is 29.3 Å². The van der Waals surface area contributed by atoms with Crippen molar-refractivity contribution in [3.63, 3.8) is 0 Å². The summed E-state index contributed by atoms with van der Waals surface area (Å²) in [5.74, 6) is -1.38. The van der Waals surface area contributed by atoms with Crippen molar-refractivity contribution in [1.82, 2.24) is 0 Å². The molecular weight excluding hydrogens is 322 g/mol. The van der Waals surface area contributed by atoms with Crippen molar-refractivity contribution >= 4 is 21.9 Å². The summed E-state index contributed by atoms with van der Waals surface area (Å²) in [6.07, 6.45) is 1.52. The number of allylic oxidation sites excluding steroid dienone is 1. The zero-order valence-electron chi connectivity index (χ0n) is 13.7. The highest BCUT2D eigenvalue weighted by Crippen LogP contribution is 2.46. The van der Waals surface area contributed by atoms with Crippen molar-refractivity contribution in [2.24, 2.45) is 5.41 Å². The van der Waals surface area contributed by atoms with E-state index < -0.39 is 37.3 Å². The predicted molar refractivity (Wildman–Crippen MR) is 83.2 cm³/mol. The van der Waals surface area contributed by atoms with Crippen LogP contribution in [-0.4, -0.2) is 53.0 Å². The first kappa shape index (κ1) is 17.7. The van der Waals surface area contributed by atoms with Gasteiger partial charge in [-0.1, -0.05) is 6.08 Å². The lowest BCUT2D eigenvalue weighted by atomic mass is 9.81. The van der Waals surface area contributed by atoms with Crippen molar-refractivity contribution in [2.45, 2.75) is 39.7 Å². The molecule has 1 aliphatic heterocycles. The number of amides is 1. The van der Waals surface area contributed by atoms with Crippen LogP contribution >= 0.6 is 0 Å². The first-order valence-corrected chi connectivity index (χ1v) is 8.95. The SMILES string of the molecule is CC1(C(=O)O)C=C2C(=CC1)S(=O)(=O)CC[N+]2(C(=O)O)C(C)(C)C. The molecular formula is C15H22NO6S+. The third-order valence-corrected chi connectivity index (χ3v) is 6.59. The molecule has 2 atom stereocenters. The van der Waals surface area contributed by atoms with Gasteiger partial charge in [-0.2, -0.15) is 9.28 Å². The van der Waals surface area contributed by atoms with Crippen LogP contribution in [-0.2, 0) is 14.6 Å². The van der Waals surface area contributed by atoms with Gasteiger partial charge in [0.15, 0.2) is 15.5 Å². The second kappa shape index (κ2) is 4.91. The number of fused-ring (bicyclic) bond motifs is 1. The van der Waals surface area contributed by atoms with Gasteiger partial charge >= 0.3 is 12.1 Å². The molecule has 23 heavy (non-hydrogen) atoms. The van der Waals surface area contributed by atoms with Gasteiger partial charge in [0, 0.05) is 0 Å². The van der Waals surface area contributed by atoms with Crippen molar-refractivity contribution in [1.29, 1.82) is 0 Å². The van der Waals surface area contributed by atoms with Crippen LogP contribution in [0.15, 0.2) is 22.8 Å². The number of nitrogens with zero attached hydrogens (tertiary/aromatic N) is 1. The number of hydrogen-bond donors (Lipinski definition) is 2. The quantitative estimate of drug-likeness (QED) is 0.704. The molecule has 2 N–H and O–H groups in total. The van der Waals surface area contributed by atoms with E-state index in [1.807, 2.05) is 0 Å². The number of quaternary nitrogens is 1. The van der Waals surface area contributed by atoms with Crippen LogP contribution in [0, 0.1) is 5.41 Å². The van der Waals surface area contributed by atoms with Crippen LogP contribution in [0.5, 0.6) is 0 Å². The van der Waals surface area contributed by atoms with Crippen molar-refractivity contribution in [2.75, 3.05) is 12.3 Å². The molecule has 1 amide bonds. The summed E-state index contributed by atoms with van der Waals surface area (Å²) in [5.41, 5.74) is -2.09. The summed E-state index contributed by atoms with van der Waals surface area (Å²) in [7, 11) is -3.60. The number of sulfone groups is 1. The Bertz CT molecular complexity index is 742. The van der Waals surface area contributed by atoms with Crippen molar-refractivity contribution in [3.05, 3.63) is 22.8 Å². The van der Waals surface area contributed by atoms with Crippen molar-refractivity contribution in [3.8, 4) is 0 Å². The average molecular weight is 344 g/mol. The molecule has 128 valence electrons. The van der Waals surface area contributed by atoms with Gasteiger partial charge in [-0.25, -0.2) is 8.42 Å². The minimum atomic E-state index is -3.60. The van der Waals surface area contributed by atoms with E-state index in [9.17, 15) is 28.2 Å². The fourth-order valence-corrected chi connectivity index (χ4v) is 4.85. The van der Waals surface area contributed by atoms with Gasteiger partial charge < -0.3 is 10.2 Å². The number of aliphatic carboxylic acids is 1. The van der Waals surface area contributed by atoms with Gasteiger partial charge in [0.25, 0.3) is 0 Å². The maximum Gasteiger partial charge on any atom is 0.519 e. The largest absolute Gasteiger partial charge is 0.519 e. The zero-order valence-corrected chi connectivity index (χ0v) is 14.5. The highest BCUT2D eigenvalue weighted by atomic mass is 32.2. The molecule has 0 bridgehead atoms. The van der Waals surface area contributed by atoms with Gasteiger partial charge in [0.05, 0.1) is 5.41 Å². The predicted octanol–water partition coefficient (Wildman–Crippen LogP) is 1.97. The van der Waals surface area contributed by atoms with Gasteiger partial charge in [-0.05, 0) is 40.2 Å².